The summed E-state index contributed by atoms with van der Waals surface area (Å²) in [5.74, 6) is -0.343. The highest BCUT2D eigenvalue weighted by Gasteiger charge is 2.21. The van der Waals surface area contributed by atoms with E-state index < -0.39 is 12.1 Å². The fourth-order valence-corrected chi connectivity index (χ4v) is 3.10. The number of carbonyl (C=O) groups excluding carboxylic acids is 2. The molecule has 1 atom stereocenters. The van der Waals surface area contributed by atoms with Crippen LogP contribution in [0.15, 0.2) is 0 Å². The second-order valence-electron chi connectivity index (χ2n) is 7.68. The smallest absolute Gasteiger partial charge is 0.407 e. The van der Waals surface area contributed by atoms with Crippen LogP contribution in [0.5, 0.6) is 0 Å². The van der Waals surface area contributed by atoms with E-state index in [-0.39, 0.29) is 5.97 Å². The number of alkyl carbamates (subject to hydrolysis) is 1. The van der Waals surface area contributed by atoms with Gasteiger partial charge in [0.2, 0.25) is 0 Å². The van der Waals surface area contributed by atoms with Crippen molar-refractivity contribution in [1.82, 2.24) is 5.32 Å². The van der Waals surface area contributed by atoms with Gasteiger partial charge in [0.05, 0.1) is 13.2 Å². The van der Waals surface area contributed by atoms with Gasteiger partial charge in [-0.25, -0.2) is 9.59 Å². The van der Waals surface area contributed by atoms with E-state index in [1.807, 2.05) is 6.92 Å². The highest BCUT2D eigenvalue weighted by Crippen LogP contribution is 2.08. The Morgan fingerprint density at radius 2 is 1.11 bits per heavy atom. The second-order valence-corrected chi connectivity index (χ2v) is 7.68. The van der Waals surface area contributed by atoms with Crippen LogP contribution in [0.4, 0.5) is 4.79 Å². The molecule has 0 aliphatic heterocycles. The lowest BCUT2D eigenvalue weighted by Crippen LogP contribution is -2.42. The Balaban J connectivity index is 3.85. The van der Waals surface area contributed by atoms with Gasteiger partial charge in [-0.1, -0.05) is 97.8 Å². The van der Waals surface area contributed by atoms with Gasteiger partial charge >= 0.3 is 12.1 Å². The first-order valence-corrected chi connectivity index (χ1v) is 11.8. The molecule has 0 heterocycles. The summed E-state index contributed by atoms with van der Waals surface area (Å²) < 4.78 is 10.6. The average molecular weight is 400 g/mol. The van der Waals surface area contributed by atoms with Crippen LogP contribution >= 0.6 is 0 Å². The summed E-state index contributed by atoms with van der Waals surface area (Å²) in [5, 5.41) is 2.67. The fourth-order valence-electron chi connectivity index (χ4n) is 3.10. The molecule has 1 N–H and O–H groups in total. The maximum Gasteiger partial charge on any atom is 0.407 e. The van der Waals surface area contributed by atoms with Crippen LogP contribution in [0.2, 0.25) is 0 Å². The first-order valence-electron chi connectivity index (χ1n) is 11.8. The van der Waals surface area contributed by atoms with Crippen LogP contribution in [-0.2, 0) is 14.3 Å². The molecule has 0 radical (unpaired) electrons. The van der Waals surface area contributed by atoms with Crippen molar-refractivity contribution in [3.8, 4) is 0 Å². The van der Waals surface area contributed by atoms with Crippen LogP contribution < -0.4 is 5.32 Å². The molecule has 0 aliphatic carbocycles. The zero-order chi connectivity index (χ0) is 20.9. The number of hydrogen-bond donors (Lipinski definition) is 1. The van der Waals surface area contributed by atoms with Crippen LogP contribution in [0.1, 0.15) is 117 Å². The van der Waals surface area contributed by atoms with E-state index in [0.717, 1.165) is 32.1 Å². The zero-order valence-electron chi connectivity index (χ0n) is 18.7. The SMILES string of the molecule is CCCCCCCCCOC(=O)[C@H](CCC)NC(=O)OCCCCCCCC. The molecule has 0 bridgehead atoms. The third kappa shape index (κ3) is 16.9. The molecule has 0 aromatic heterocycles. The number of rotatable bonds is 19. The van der Waals surface area contributed by atoms with Crippen molar-refractivity contribution in [2.75, 3.05) is 13.2 Å². The third-order valence-corrected chi connectivity index (χ3v) is 4.88. The Hall–Kier alpha value is -1.26. The van der Waals surface area contributed by atoms with Gasteiger partial charge in [0.25, 0.3) is 0 Å². The van der Waals surface area contributed by atoms with E-state index in [1.165, 1.54) is 57.8 Å². The van der Waals surface area contributed by atoms with Crippen molar-refractivity contribution in [3.05, 3.63) is 0 Å². The van der Waals surface area contributed by atoms with Crippen molar-refractivity contribution in [2.45, 2.75) is 123 Å². The number of ether oxygens (including phenoxy) is 2. The summed E-state index contributed by atoms with van der Waals surface area (Å²) in [6, 6.07) is -0.605. The molecule has 0 spiro atoms. The number of unbranched alkanes of at least 4 members (excludes halogenated alkanes) is 11. The van der Waals surface area contributed by atoms with Gasteiger partial charge in [-0.3, -0.25) is 0 Å². The van der Waals surface area contributed by atoms with Gasteiger partial charge in [0.1, 0.15) is 6.04 Å². The van der Waals surface area contributed by atoms with Crippen molar-refractivity contribution in [1.29, 1.82) is 0 Å². The van der Waals surface area contributed by atoms with E-state index in [9.17, 15) is 9.59 Å². The van der Waals surface area contributed by atoms with E-state index in [4.69, 9.17) is 9.47 Å². The number of hydrogen-bond acceptors (Lipinski definition) is 4. The van der Waals surface area contributed by atoms with Gasteiger partial charge in [-0.05, 0) is 19.3 Å². The van der Waals surface area contributed by atoms with Crippen LogP contribution in [0.3, 0.4) is 0 Å². The normalized spacial score (nSPS) is 11.8. The van der Waals surface area contributed by atoms with Crippen LogP contribution in [0, 0.1) is 0 Å². The van der Waals surface area contributed by atoms with Gasteiger partial charge in [-0.2, -0.15) is 0 Å². The Bertz CT molecular complexity index is 374. The van der Waals surface area contributed by atoms with Gasteiger partial charge in [0, 0.05) is 0 Å². The molecule has 0 rings (SSSR count). The number of amides is 1. The lowest BCUT2D eigenvalue weighted by Gasteiger charge is -2.17. The van der Waals surface area contributed by atoms with Crippen molar-refractivity contribution < 1.29 is 19.1 Å². The quantitative estimate of drug-likeness (QED) is 0.198. The van der Waals surface area contributed by atoms with Gasteiger partial charge in [0.15, 0.2) is 0 Å². The zero-order valence-corrected chi connectivity index (χ0v) is 18.7. The second kappa shape index (κ2) is 20.5. The first kappa shape index (κ1) is 26.7. The molecule has 0 aliphatic rings. The highest BCUT2D eigenvalue weighted by atomic mass is 16.6. The molecule has 166 valence electrons. The minimum Gasteiger partial charge on any atom is -0.464 e. The van der Waals surface area contributed by atoms with E-state index in [0.29, 0.717) is 19.6 Å². The van der Waals surface area contributed by atoms with Gasteiger partial charge in [-0.15, -0.1) is 0 Å². The summed E-state index contributed by atoms with van der Waals surface area (Å²) >= 11 is 0. The molecule has 0 aromatic rings. The number of carbonyl (C=O) groups is 2. The molecule has 0 saturated carbocycles. The summed E-state index contributed by atoms with van der Waals surface area (Å²) in [4.78, 5) is 24.2. The lowest BCUT2D eigenvalue weighted by atomic mass is 10.1. The monoisotopic (exact) mass is 399 g/mol. The maximum absolute atomic E-state index is 12.2. The lowest BCUT2D eigenvalue weighted by molar-refractivity contribution is -0.146. The molecule has 1 amide bonds. The Morgan fingerprint density at radius 1 is 0.643 bits per heavy atom. The molecule has 0 fully saturated rings. The summed E-state index contributed by atoms with van der Waals surface area (Å²) in [7, 11) is 0. The van der Waals surface area contributed by atoms with Crippen molar-refractivity contribution in [2.24, 2.45) is 0 Å². The average Bonchev–Trinajstić information content (AvgIpc) is 2.68. The maximum atomic E-state index is 12.2. The van der Waals surface area contributed by atoms with Gasteiger partial charge < -0.3 is 14.8 Å². The summed E-state index contributed by atoms with van der Waals surface area (Å²) in [5.41, 5.74) is 0. The van der Waals surface area contributed by atoms with E-state index in [1.54, 1.807) is 0 Å². The molecule has 0 aromatic carbocycles. The van der Waals surface area contributed by atoms with Crippen LogP contribution in [-0.4, -0.2) is 31.3 Å². The van der Waals surface area contributed by atoms with E-state index in [2.05, 4.69) is 19.2 Å². The third-order valence-electron chi connectivity index (χ3n) is 4.88. The van der Waals surface area contributed by atoms with Crippen LogP contribution in [0.25, 0.3) is 0 Å². The molecular weight excluding hydrogens is 354 g/mol. The Morgan fingerprint density at radius 3 is 1.61 bits per heavy atom. The van der Waals surface area contributed by atoms with Crippen molar-refractivity contribution >= 4 is 12.1 Å². The standard InChI is InChI=1S/C23H45NO4/c1-4-7-9-11-13-15-16-19-27-22(25)21(18-6-3)24-23(26)28-20-17-14-12-10-8-5-2/h21H,4-20H2,1-3H3,(H,24,26)/t21-/m0/s1. The predicted octanol–water partition coefficient (Wildman–Crippen LogP) is 6.54. The largest absolute Gasteiger partial charge is 0.464 e. The number of esters is 1. The highest BCUT2D eigenvalue weighted by molar-refractivity contribution is 5.81. The predicted molar refractivity (Wildman–Crippen MR) is 116 cm³/mol. The Labute approximate surface area is 173 Å². The molecule has 0 unspecified atom stereocenters. The molecule has 5 nitrogen and oxygen atoms in total. The topological polar surface area (TPSA) is 64.6 Å². The van der Waals surface area contributed by atoms with Crippen molar-refractivity contribution in [3.63, 3.8) is 0 Å². The minimum absolute atomic E-state index is 0.343. The Kier molecular flexibility index (Phi) is 19.6. The summed E-state index contributed by atoms with van der Waals surface area (Å²) in [6.07, 6.45) is 16.0. The fraction of sp³-hybridized carbons (Fsp3) is 0.913. The summed E-state index contributed by atoms with van der Waals surface area (Å²) in [6.45, 7) is 7.23. The first-order chi connectivity index (χ1) is 13.7. The molecule has 28 heavy (non-hydrogen) atoms. The molecule has 5 heteroatoms. The minimum atomic E-state index is -0.605. The molecular formula is C23H45NO4. The number of nitrogens with one attached hydrogen (secondary N) is 1. The molecule has 0 saturated heterocycles. The van der Waals surface area contributed by atoms with E-state index >= 15 is 0 Å².